The standard InChI is InChI=1S/C16H21ClN2O.2ClH/c1-19(2)10-4-9-18-12-15-7-8-16(20-15)13-5-3-6-14(17)11-13;;/h3,5-8,11,18H,4,9-10,12H2,1-2H3;2*1H. The van der Waals surface area contributed by atoms with E-state index in [1.165, 1.54) is 0 Å². The molecule has 3 nitrogen and oxygen atoms in total. The summed E-state index contributed by atoms with van der Waals surface area (Å²) in [5, 5.41) is 4.11. The van der Waals surface area contributed by atoms with Crippen LogP contribution in [0.2, 0.25) is 5.02 Å². The van der Waals surface area contributed by atoms with Crippen molar-refractivity contribution in [2.75, 3.05) is 27.2 Å². The molecule has 2 aromatic rings. The molecule has 124 valence electrons. The summed E-state index contributed by atoms with van der Waals surface area (Å²) in [6.45, 7) is 2.85. The van der Waals surface area contributed by atoms with E-state index in [9.17, 15) is 0 Å². The normalized spacial score (nSPS) is 10.2. The van der Waals surface area contributed by atoms with Gasteiger partial charge in [-0.2, -0.15) is 0 Å². The van der Waals surface area contributed by atoms with E-state index in [0.717, 1.165) is 48.2 Å². The maximum atomic E-state index is 5.99. The van der Waals surface area contributed by atoms with Crippen molar-refractivity contribution in [1.82, 2.24) is 10.2 Å². The lowest BCUT2D eigenvalue weighted by atomic mass is 10.2. The van der Waals surface area contributed by atoms with Crippen LogP contribution in [0.4, 0.5) is 0 Å². The largest absolute Gasteiger partial charge is 0.460 e. The van der Waals surface area contributed by atoms with Crippen LogP contribution in [0.25, 0.3) is 11.3 Å². The molecule has 0 fully saturated rings. The second-order valence-corrected chi connectivity index (χ2v) is 5.55. The van der Waals surface area contributed by atoms with Crippen LogP contribution in [0.15, 0.2) is 40.8 Å². The summed E-state index contributed by atoms with van der Waals surface area (Å²) in [6, 6.07) is 11.7. The molecular weight excluding hydrogens is 343 g/mol. The highest BCUT2D eigenvalue weighted by molar-refractivity contribution is 6.30. The lowest BCUT2D eigenvalue weighted by Crippen LogP contribution is -2.20. The number of rotatable bonds is 7. The third kappa shape index (κ3) is 7.03. The first-order chi connectivity index (χ1) is 9.65. The van der Waals surface area contributed by atoms with Crippen molar-refractivity contribution >= 4 is 36.4 Å². The molecule has 0 spiro atoms. The molecule has 0 amide bonds. The van der Waals surface area contributed by atoms with E-state index >= 15 is 0 Å². The number of nitrogens with one attached hydrogen (secondary N) is 1. The van der Waals surface area contributed by atoms with Crippen LogP contribution in [0.3, 0.4) is 0 Å². The van der Waals surface area contributed by atoms with Crippen molar-refractivity contribution in [2.24, 2.45) is 0 Å². The highest BCUT2D eigenvalue weighted by Crippen LogP contribution is 2.24. The molecular formula is C16H23Cl3N2O. The predicted octanol–water partition coefficient (Wildman–Crippen LogP) is 4.48. The Morgan fingerprint density at radius 1 is 1.14 bits per heavy atom. The quantitative estimate of drug-likeness (QED) is 0.733. The van der Waals surface area contributed by atoms with Crippen LogP contribution in [-0.2, 0) is 6.54 Å². The minimum Gasteiger partial charge on any atom is -0.460 e. The van der Waals surface area contributed by atoms with E-state index in [2.05, 4.69) is 24.3 Å². The molecule has 0 unspecified atom stereocenters. The van der Waals surface area contributed by atoms with E-state index in [1.807, 2.05) is 36.4 Å². The fourth-order valence-corrected chi connectivity index (χ4v) is 2.19. The molecule has 2 rings (SSSR count). The molecule has 0 radical (unpaired) electrons. The number of nitrogens with zero attached hydrogens (tertiary/aromatic N) is 1. The minimum atomic E-state index is 0. The van der Waals surface area contributed by atoms with Gasteiger partial charge in [-0.3, -0.25) is 0 Å². The molecule has 1 aromatic carbocycles. The molecule has 0 bridgehead atoms. The minimum absolute atomic E-state index is 0. The number of furan rings is 1. The molecule has 1 N–H and O–H groups in total. The SMILES string of the molecule is CN(C)CCCNCc1ccc(-c2cccc(Cl)c2)o1.Cl.Cl. The van der Waals surface area contributed by atoms with Crippen LogP contribution in [-0.4, -0.2) is 32.1 Å². The van der Waals surface area contributed by atoms with Gasteiger partial charge in [-0.1, -0.05) is 23.7 Å². The number of hydrogen-bond acceptors (Lipinski definition) is 3. The Kier molecular flexibility index (Phi) is 10.6. The molecule has 0 aliphatic rings. The average molecular weight is 366 g/mol. The summed E-state index contributed by atoms with van der Waals surface area (Å²) in [4.78, 5) is 2.19. The third-order valence-corrected chi connectivity index (χ3v) is 3.26. The van der Waals surface area contributed by atoms with Crippen LogP contribution < -0.4 is 5.32 Å². The molecule has 6 heteroatoms. The summed E-state index contributed by atoms with van der Waals surface area (Å²) < 4.78 is 5.82. The summed E-state index contributed by atoms with van der Waals surface area (Å²) >= 11 is 5.99. The van der Waals surface area contributed by atoms with E-state index < -0.39 is 0 Å². The summed E-state index contributed by atoms with van der Waals surface area (Å²) in [7, 11) is 4.17. The molecule has 0 atom stereocenters. The first-order valence-electron chi connectivity index (χ1n) is 6.85. The van der Waals surface area contributed by atoms with Gasteiger partial charge in [-0.15, -0.1) is 24.8 Å². The molecule has 0 aliphatic carbocycles. The maximum absolute atomic E-state index is 5.99. The molecule has 0 aliphatic heterocycles. The molecule has 1 heterocycles. The van der Waals surface area contributed by atoms with Crippen molar-refractivity contribution < 1.29 is 4.42 Å². The fraction of sp³-hybridized carbons (Fsp3) is 0.375. The number of benzene rings is 1. The van der Waals surface area contributed by atoms with Crippen LogP contribution in [0, 0.1) is 0 Å². The van der Waals surface area contributed by atoms with Crippen LogP contribution in [0.5, 0.6) is 0 Å². The highest BCUT2D eigenvalue weighted by atomic mass is 35.5. The number of halogens is 3. The van der Waals surface area contributed by atoms with Gasteiger partial charge in [0.1, 0.15) is 11.5 Å². The van der Waals surface area contributed by atoms with Gasteiger partial charge in [0, 0.05) is 10.6 Å². The summed E-state index contributed by atoms with van der Waals surface area (Å²) in [6.07, 6.45) is 1.13. The fourth-order valence-electron chi connectivity index (χ4n) is 2.00. The van der Waals surface area contributed by atoms with Gasteiger partial charge in [0.25, 0.3) is 0 Å². The molecule has 22 heavy (non-hydrogen) atoms. The topological polar surface area (TPSA) is 28.4 Å². The predicted molar refractivity (Wildman–Crippen MR) is 98.5 cm³/mol. The van der Waals surface area contributed by atoms with Crippen molar-refractivity contribution in [3.8, 4) is 11.3 Å². The lowest BCUT2D eigenvalue weighted by molar-refractivity contribution is 0.391. The van der Waals surface area contributed by atoms with Gasteiger partial charge in [-0.25, -0.2) is 0 Å². The van der Waals surface area contributed by atoms with E-state index in [1.54, 1.807) is 0 Å². The third-order valence-electron chi connectivity index (χ3n) is 3.03. The zero-order valence-electron chi connectivity index (χ0n) is 12.8. The Balaban J connectivity index is 0.00000220. The van der Waals surface area contributed by atoms with Crippen LogP contribution in [0.1, 0.15) is 12.2 Å². The van der Waals surface area contributed by atoms with Crippen molar-refractivity contribution in [3.05, 3.63) is 47.2 Å². The van der Waals surface area contributed by atoms with E-state index in [0.29, 0.717) is 0 Å². The zero-order chi connectivity index (χ0) is 14.4. The van der Waals surface area contributed by atoms with Gasteiger partial charge in [0.05, 0.1) is 6.54 Å². The first-order valence-corrected chi connectivity index (χ1v) is 7.23. The Morgan fingerprint density at radius 3 is 2.59 bits per heavy atom. The number of hydrogen-bond donors (Lipinski definition) is 1. The van der Waals surface area contributed by atoms with Crippen molar-refractivity contribution in [3.63, 3.8) is 0 Å². The molecule has 0 saturated carbocycles. The van der Waals surface area contributed by atoms with E-state index in [4.69, 9.17) is 16.0 Å². The van der Waals surface area contributed by atoms with Crippen LogP contribution >= 0.6 is 36.4 Å². The van der Waals surface area contributed by atoms with E-state index in [-0.39, 0.29) is 24.8 Å². The smallest absolute Gasteiger partial charge is 0.134 e. The van der Waals surface area contributed by atoms with Gasteiger partial charge >= 0.3 is 0 Å². The van der Waals surface area contributed by atoms with Crippen molar-refractivity contribution in [2.45, 2.75) is 13.0 Å². The highest BCUT2D eigenvalue weighted by Gasteiger charge is 2.05. The summed E-state index contributed by atoms with van der Waals surface area (Å²) in [5.41, 5.74) is 1.01. The Labute approximate surface area is 149 Å². The molecule has 1 aromatic heterocycles. The van der Waals surface area contributed by atoms with Gasteiger partial charge in [0.15, 0.2) is 0 Å². The first kappa shape index (κ1) is 21.3. The van der Waals surface area contributed by atoms with Gasteiger partial charge < -0.3 is 14.6 Å². The monoisotopic (exact) mass is 364 g/mol. The second kappa shape index (κ2) is 10.9. The lowest BCUT2D eigenvalue weighted by Gasteiger charge is -2.09. The Hall–Kier alpha value is -0.710. The van der Waals surface area contributed by atoms with Gasteiger partial charge in [0.2, 0.25) is 0 Å². The van der Waals surface area contributed by atoms with Gasteiger partial charge in [-0.05, 0) is 57.9 Å². The summed E-state index contributed by atoms with van der Waals surface area (Å²) in [5.74, 6) is 1.81. The Bertz CT molecular complexity index is 544. The maximum Gasteiger partial charge on any atom is 0.134 e. The Morgan fingerprint density at radius 2 is 1.91 bits per heavy atom. The van der Waals surface area contributed by atoms with Crippen molar-refractivity contribution in [1.29, 1.82) is 0 Å². The molecule has 0 saturated heterocycles. The zero-order valence-corrected chi connectivity index (χ0v) is 15.2. The second-order valence-electron chi connectivity index (χ2n) is 5.11. The average Bonchev–Trinajstić information content (AvgIpc) is 2.87.